The van der Waals surface area contributed by atoms with E-state index >= 15 is 0 Å². The summed E-state index contributed by atoms with van der Waals surface area (Å²) in [5.41, 5.74) is 1.06. The summed E-state index contributed by atoms with van der Waals surface area (Å²) in [6.45, 7) is 3.71. The maximum atomic E-state index is 4.11. The molecule has 0 aliphatic carbocycles. The van der Waals surface area contributed by atoms with Crippen LogP contribution in [-0.4, -0.2) is 4.98 Å². The van der Waals surface area contributed by atoms with Crippen LogP contribution in [0.1, 0.15) is 10.9 Å². The van der Waals surface area contributed by atoms with E-state index in [1.807, 2.05) is 18.3 Å². The lowest BCUT2D eigenvalue weighted by molar-refractivity contribution is 1.13. The maximum Gasteiger partial charge on any atom is 0.0418 e. The number of rotatable bonds is 1. The molecule has 1 atom stereocenters. The van der Waals surface area contributed by atoms with E-state index < -0.39 is 0 Å². The zero-order chi connectivity index (χ0) is 5.98. The van der Waals surface area contributed by atoms with Crippen molar-refractivity contribution in [1.82, 2.24) is 4.98 Å². The minimum Gasteiger partial charge on any atom is -0.364 e. The quantitative estimate of drug-likeness (QED) is 0.534. The third kappa shape index (κ3) is 1.07. The third-order valence-corrected chi connectivity index (χ3v) is 1.26. The number of thiol groups is 1. The molecule has 0 aromatic carbocycles. The van der Waals surface area contributed by atoms with E-state index in [2.05, 4.69) is 24.5 Å². The number of hydrogen-bond acceptors (Lipinski definition) is 1. The van der Waals surface area contributed by atoms with Crippen molar-refractivity contribution in [3.05, 3.63) is 30.9 Å². The Morgan fingerprint density at radius 2 is 2.50 bits per heavy atom. The largest absolute Gasteiger partial charge is 0.364 e. The first kappa shape index (κ1) is 5.76. The molecule has 1 aromatic heterocycles. The molecule has 0 amide bonds. The van der Waals surface area contributed by atoms with Crippen molar-refractivity contribution in [3.63, 3.8) is 0 Å². The van der Waals surface area contributed by atoms with Crippen LogP contribution >= 0.6 is 12.6 Å². The normalized spacial score (nSPS) is 13.8. The monoisotopic (exact) mass is 126 g/mol. The number of hydrogen-bond donors (Lipinski definition) is 2. The minimum atomic E-state index is 0.0741. The van der Waals surface area contributed by atoms with Gasteiger partial charge in [0, 0.05) is 17.1 Å². The highest BCUT2D eigenvalue weighted by Gasteiger charge is 1.95. The van der Waals surface area contributed by atoms with Crippen LogP contribution in [0.2, 0.25) is 0 Å². The molecule has 0 fully saturated rings. The highest BCUT2D eigenvalue weighted by molar-refractivity contribution is 7.80. The molecular formula is C6H8NS. The van der Waals surface area contributed by atoms with Gasteiger partial charge in [0.1, 0.15) is 0 Å². The van der Waals surface area contributed by atoms with Gasteiger partial charge < -0.3 is 4.98 Å². The molecule has 1 heterocycles. The Hall–Kier alpha value is -0.370. The molecule has 1 N–H and O–H groups in total. The lowest BCUT2D eigenvalue weighted by atomic mass is 10.3. The molecule has 8 heavy (non-hydrogen) atoms. The van der Waals surface area contributed by atoms with Crippen molar-refractivity contribution in [1.29, 1.82) is 0 Å². The summed E-state index contributed by atoms with van der Waals surface area (Å²) in [4.78, 5) is 3.00. The predicted octanol–water partition coefficient (Wildman–Crippen LogP) is 1.82. The second kappa shape index (κ2) is 2.27. The first-order valence-corrected chi connectivity index (χ1v) is 2.97. The standard InChI is InChI=1S/C6H8NS/c1-5(8)6-3-2-4-7-6/h2-5,7-8H,1H2. The number of H-pyrrole nitrogens is 1. The molecule has 1 aromatic rings. The van der Waals surface area contributed by atoms with Gasteiger partial charge in [-0.15, -0.1) is 0 Å². The van der Waals surface area contributed by atoms with Gasteiger partial charge in [-0.3, -0.25) is 0 Å². The molecular weight excluding hydrogens is 118 g/mol. The van der Waals surface area contributed by atoms with Crippen molar-refractivity contribution in [2.45, 2.75) is 5.25 Å². The highest BCUT2D eigenvalue weighted by Crippen LogP contribution is 2.14. The summed E-state index contributed by atoms with van der Waals surface area (Å²) in [7, 11) is 0. The van der Waals surface area contributed by atoms with E-state index in [1.54, 1.807) is 0 Å². The summed E-state index contributed by atoms with van der Waals surface area (Å²) >= 11 is 4.11. The molecule has 2 heteroatoms. The van der Waals surface area contributed by atoms with Crippen molar-refractivity contribution < 1.29 is 0 Å². The Morgan fingerprint density at radius 1 is 1.75 bits per heavy atom. The fourth-order valence-corrected chi connectivity index (χ4v) is 0.712. The summed E-state index contributed by atoms with van der Waals surface area (Å²) < 4.78 is 0. The van der Waals surface area contributed by atoms with E-state index in [0.29, 0.717) is 0 Å². The van der Waals surface area contributed by atoms with Gasteiger partial charge in [0.15, 0.2) is 0 Å². The van der Waals surface area contributed by atoms with Gasteiger partial charge in [-0.1, -0.05) is 0 Å². The topological polar surface area (TPSA) is 15.8 Å². The number of aromatic amines is 1. The number of aromatic nitrogens is 1. The van der Waals surface area contributed by atoms with Crippen molar-refractivity contribution in [2.24, 2.45) is 0 Å². The van der Waals surface area contributed by atoms with Crippen LogP contribution < -0.4 is 0 Å². The van der Waals surface area contributed by atoms with Crippen LogP contribution in [-0.2, 0) is 0 Å². The van der Waals surface area contributed by atoms with Gasteiger partial charge in [0.25, 0.3) is 0 Å². The first-order chi connectivity index (χ1) is 3.80. The molecule has 0 bridgehead atoms. The molecule has 0 aliphatic rings. The average molecular weight is 126 g/mol. The Bertz CT molecular complexity index is 144. The summed E-state index contributed by atoms with van der Waals surface area (Å²) in [5.74, 6) is 0. The van der Waals surface area contributed by atoms with E-state index in [0.717, 1.165) is 5.69 Å². The Labute approximate surface area is 54.5 Å². The van der Waals surface area contributed by atoms with Gasteiger partial charge in [-0.25, -0.2) is 0 Å². The molecule has 0 saturated heterocycles. The summed E-state index contributed by atoms with van der Waals surface area (Å²) in [6.07, 6.45) is 1.86. The zero-order valence-electron chi connectivity index (χ0n) is 4.46. The van der Waals surface area contributed by atoms with E-state index in [-0.39, 0.29) is 5.25 Å². The molecule has 1 unspecified atom stereocenters. The molecule has 43 valence electrons. The van der Waals surface area contributed by atoms with Crippen molar-refractivity contribution in [2.75, 3.05) is 0 Å². The Kier molecular flexibility index (Phi) is 1.63. The molecule has 1 radical (unpaired) electrons. The molecule has 0 spiro atoms. The molecule has 1 nitrogen and oxygen atoms in total. The van der Waals surface area contributed by atoms with Crippen LogP contribution in [0.4, 0.5) is 0 Å². The van der Waals surface area contributed by atoms with E-state index in [1.165, 1.54) is 0 Å². The molecule has 0 aliphatic heterocycles. The predicted molar refractivity (Wildman–Crippen MR) is 37.9 cm³/mol. The van der Waals surface area contributed by atoms with Crippen LogP contribution in [0.25, 0.3) is 0 Å². The third-order valence-electron chi connectivity index (χ3n) is 0.981. The highest BCUT2D eigenvalue weighted by atomic mass is 32.1. The van der Waals surface area contributed by atoms with Crippen LogP contribution in [0.15, 0.2) is 18.3 Å². The van der Waals surface area contributed by atoms with E-state index in [9.17, 15) is 0 Å². The second-order valence-electron chi connectivity index (χ2n) is 1.64. The lowest BCUT2D eigenvalue weighted by Gasteiger charge is -1.96. The SMILES string of the molecule is [CH2]C(S)c1ccc[nH]1. The van der Waals surface area contributed by atoms with Gasteiger partial charge in [-0.2, -0.15) is 12.6 Å². The van der Waals surface area contributed by atoms with Gasteiger partial charge in [0.05, 0.1) is 0 Å². The summed E-state index contributed by atoms with van der Waals surface area (Å²) in [5, 5.41) is 0.0741. The van der Waals surface area contributed by atoms with Crippen LogP contribution in [0.3, 0.4) is 0 Å². The van der Waals surface area contributed by atoms with Crippen LogP contribution in [0, 0.1) is 6.92 Å². The Balaban J connectivity index is 2.77. The lowest BCUT2D eigenvalue weighted by Crippen LogP contribution is -1.81. The first-order valence-electron chi connectivity index (χ1n) is 2.45. The van der Waals surface area contributed by atoms with Crippen molar-refractivity contribution >= 4 is 12.6 Å². The van der Waals surface area contributed by atoms with Gasteiger partial charge in [-0.05, 0) is 19.1 Å². The average Bonchev–Trinajstić information content (AvgIpc) is 2.12. The summed E-state index contributed by atoms with van der Waals surface area (Å²) in [6, 6.07) is 3.90. The minimum absolute atomic E-state index is 0.0741. The fraction of sp³-hybridized carbons (Fsp3) is 0.167. The molecule has 0 saturated carbocycles. The fourth-order valence-electron chi connectivity index (χ4n) is 0.551. The molecule has 1 rings (SSSR count). The zero-order valence-corrected chi connectivity index (χ0v) is 5.36. The van der Waals surface area contributed by atoms with Crippen LogP contribution in [0.5, 0.6) is 0 Å². The van der Waals surface area contributed by atoms with E-state index in [4.69, 9.17) is 0 Å². The van der Waals surface area contributed by atoms with Crippen molar-refractivity contribution in [3.8, 4) is 0 Å². The van der Waals surface area contributed by atoms with Gasteiger partial charge in [0.2, 0.25) is 0 Å². The smallest absolute Gasteiger partial charge is 0.0418 e. The van der Waals surface area contributed by atoms with Gasteiger partial charge >= 0.3 is 0 Å². The number of nitrogens with one attached hydrogen (secondary N) is 1. The maximum absolute atomic E-state index is 4.11. The Morgan fingerprint density at radius 3 is 2.75 bits per heavy atom. The second-order valence-corrected chi connectivity index (χ2v) is 2.26.